The maximum Gasteiger partial charge on any atom is 0.0544 e. The smallest absolute Gasteiger partial charge is 0.0544 e. The van der Waals surface area contributed by atoms with Gasteiger partial charge in [0.15, 0.2) is 0 Å². The molecule has 0 saturated carbocycles. The molecule has 96 valence electrons. The Morgan fingerprint density at radius 1 is 1.29 bits per heavy atom. The van der Waals surface area contributed by atoms with Crippen molar-refractivity contribution in [1.82, 2.24) is 15.2 Å². The van der Waals surface area contributed by atoms with Gasteiger partial charge in [-0.25, -0.2) is 0 Å². The Kier molecular flexibility index (Phi) is 6.82. The molecule has 0 atom stereocenters. The molecule has 17 heavy (non-hydrogen) atoms. The average Bonchev–Trinajstić information content (AvgIpc) is 2.32. The van der Waals surface area contributed by atoms with Crippen LogP contribution in [0.25, 0.3) is 0 Å². The van der Waals surface area contributed by atoms with Crippen LogP contribution in [0.15, 0.2) is 18.3 Å². The minimum atomic E-state index is 0.889. The van der Waals surface area contributed by atoms with E-state index in [2.05, 4.69) is 41.3 Å². The third kappa shape index (κ3) is 5.80. The van der Waals surface area contributed by atoms with Crippen LogP contribution in [0.2, 0.25) is 0 Å². The predicted octanol–water partition coefficient (Wildman–Crippen LogP) is 2.42. The van der Waals surface area contributed by atoms with E-state index < -0.39 is 0 Å². The van der Waals surface area contributed by atoms with Gasteiger partial charge < -0.3 is 10.2 Å². The predicted molar refractivity (Wildman–Crippen MR) is 72.9 cm³/mol. The molecular weight excluding hydrogens is 210 g/mol. The Balaban J connectivity index is 2.34. The van der Waals surface area contributed by atoms with E-state index in [9.17, 15) is 0 Å². The van der Waals surface area contributed by atoms with E-state index >= 15 is 0 Å². The topological polar surface area (TPSA) is 28.2 Å². The number of aromatic nitrogens is 1. The molecule has 0 aliphatic carbocycles. The molecule has 0 aliphatic rings. The summed E-state index contributed by atoms with van der Waals surface area (Å²) in [6.45, 7) is 5.24. The van der Waals surface area contributed by atoms with Gasteiger partial charge in [-0.15, -0.1) is 0 Å². The van der Waals surface area contributed by atoms with E-state index in [1.807, 2.05) is 13.2 Å². The summed E-state index contributed by atoms with van der Waals surface area (Å²) in [7, 11) is 4.12. The first kappa shape index (κ1) is 14.1. The third-order valence-electron chi connectivity index (χ3n) is 2.84. The lowest BCUT2D eigenvalue weighted by Gasteiger charge is -2.15. The van der Waals surface area contributed by atoms with Crippen molar-refractivity contribution in [3.8, 4) is 0 Å². The van der Waals surface area contributed by atoms with Crippen molar-refractivity contribution in [3.63, 3.8) is 0 Å². The summed E-state index contributed by atoms with van der Waals surface area (Å²) in [6, 6.07) is 4.28. The summed E-state index contributed by atoms with van der Waals surface area (Å²) < 4.78 is 0. The van der Waals surface area contributed by atoms with Crippen molar-refractivity contribution >= 4 is 0 Å². The molecule has 1 rings (SSSR count). The molecule has 3 heteroatoms. The summed E-state index contributed by atoms with van der Waals surface area (Å²) in [5.74, 6) is 0. The first-order chi connectivity index (χ1) is 8.26. The fraction of sp³-hybridized carbons (Fsp3) is 0.643. The van der Waals surface area contributed by atoms with Crippen molar-refractivity contribution in [2.45, 2.75) is 39.3 Å². The van der Waals surface area contributed by atoms with Gasteiger partial charge in [0, 0.05) is 19.3 Å². The number of unbranched alkanes of at least 4 members (excludes halogenated alkanes) is 2. The number of nitrogens with zero attached hydrogens (tertiary/aromatic N) is 2. The second-order valence-electron chi connectivity index (χ2n) is 4.63. The van der Waals surface area contributed by atoms with Gasteiger partial charge in [0.1, 0.15) is 0 Å². The lowest BCUT2D eigenvalue weighted by atomic mass is 10.2. The highest BCUT2D eigenvalue weighted by Gasteiger charge is 2.01. The molecular formula is C14H25N3. The summed E-state index contributed by atoms with van der Waals surface area (Å²) in [4.78, 5) is 6.83. The lowest BCUT2D eigenvalue weighted by molar-refractivity contribution is 0.314. The van der Waals surface area contributed by atoms with Gasteiger partial charge >= 0.3 is 0 Å². The normalized spacial score (nSPS) is 11.1. The zero-order chi connectivity index (χ0) is 12.5. The molecule has 0 saturated heterocycles. The standard InChI is InChI=1S/C14H25N3/c1-4-5-6-9-17(3)12-14-8-7-13(10-15-2)11-16-14/h7-8,11,15H,4-6,9-10,12H2,1-3H3. The molecule has 1 aromatic heterocycles. The lowest BCUT2D eigenvalue weighted by Crippen LogP contribution is -2.19. The molecule has 3 nitrogen and oxygen atoms in total. The monoisotopic (exact) mass is 235 g/mol. The zero-order valence-corrected chi connectivity index (χ0v) is 11.4. The van der Waals surface area contributed by atoms with E-state index in [1.54, 1.807) is 0 Å². The van der Waals surface area contributed by atoms with Gasteiger partial charge in [-0.2, -0.15) is 0 Å². The molecule has 1 aromatic rings. The Bertz CT molecular complexity index is 295. The quantitative estimate of drug-likeness (QED) is 0.701. The van der Waals surface area contributed by atoms with Crippen LogP contribution in [0.4, 0.5) is 0 Å². The zero-order valence-electron chi connectivity index (χ0n) is 11.4. The molecule has 0 amide bonds. The van der Waals surface area contributed by atoms with Gasteiger partial charge in [0.2, 0.25) is 0 Å². The molecule has 0 bridgehead atoms. The maximum atomic E-state index is 4.48. The number of rotatable bonds is 8. The molecule has 0 aromatic carbocycles. The van der Waals surface area contributed by atoms with E-state index in [1.165, 1.54) is 24.8 Å². The van der Waals surface area contributed by atoms with Crippen molar-refractivity contribution in [3.05, 3.63) is 29.6 Å². The average molecular weight is 235 g/mol. The Morgan fingerprint density at radius 2 is 2.12 bits per heavy atom. The number of hydrogen-bond donors (Lipinski definition) is 1. The van der Waals surface area contributed by atoms with Crippen LogP contribution in [-0.4, -0.2) is 30.5 Å². The van der Waals surface area contributed by atoms with Crippen LogP contribution in [0.5, 0.6) is 0 Å². The number of hydrogen-bond acceptors (Lipinski definition) is 3. The molecule has 0 radical (unpaired) electrons. The van der Waals surface area contributed by atoms with Crippen LogP contribution in [-0.2, 0) is 13.1 Å². The second kappa shape index (κ2) is 8.20. The minimum Gasteiger partial charge on any atom is -0.316 e. The van der Waals surface area contributed by atoms with E-state index in [4.69, 9.17) is 0 Å². The van der Waals surface area contributed by atoms with E-state index in [0.717, 1.165) is 25.3 Å². The van der Waals surface area contributed by atoms with Crippen molar-refractivity contribution < 1.29 is 0 Å². The molecule has 0 unspecified atom stereocenters. The highest BCUT2D eigenvalue weighted by atomic mass is 15.1. The highest BCUT2D eigenvalue weighted by molar-refractivity contribution is 5.13. The summed E-state index contributed by atoms with van der Waals surface area (Å²) in [5.41, 5.74) is 2.40. The third-order valence-corrected chi connectivity index (χ3v) is 2.84. The van der Waals surface area contributed by atoms with Crippen LogP contribution in [0.3, 0.4) is 0 Å². The van der Waals surface area contributed by atoms with Crippen molar-refractivity contribution in [1.29, 1.82) is 0 Å². The fourth-order valence-corrected chi connectivity index (χ4v) is 1.84. The fourth-order valence-electron chi connectivity index (χ4n) is 1.84. The van der Waals surface area contributed by atoms with Gasteiger partial charge in [0.25, 0.3) is 0 Å². The summed E-state index contributed by atoms with van der Waals surface area (Å²) >= 11 is 0. The summed E-state index contributed by atoms with van der Waals surface area (Å²) in [6.07, 6.45) is 5.85. The van der Waals surface area contributed by atoms with Crippen LogP contribution >= 0.6 is 0 Å². The summed E-state index contributed by atoms with van der Waals surface area (Å²) in [5, 5.41) is 3.13. The minimum absolute atomic E-state index is 0.889. The van der Waals surface area contributed by atoms with E-state index in [0.29, 0.717) is 0 Å². The largest absolute Gasteiger partial charge is 0.316 e. The van der Waals surface area contributed by atoms with Gasteiger partial charge in [-0.05, 0) is 38.7 Å². The molecule has 1 N–H and O–H groups in total. The molecule has 0 spiro atoms. The molecule has 1 heterocycles. The SMILES string of the molecule is CCCCCN(C)Cc1ccc(CNC)cn1. The number of pyridine rings is 1. The van der Waals surface area contributed by atoms with Crippen molar-refractivity contribution in [2.75, 3.05) is 20.6 Å². The highest BCUT2D eigenvalue weighted by Crippen LogP contribution is 2.04. The number of nitrogens with one attached hydrogen (secondary N) is 1. The van der Waals surface area contributed by atoms with Gasteiger partial charge in [-0.1, -0.05) is 25.8 Å². The van der Waals surface area contributed by atoms with Crippen LogP contribution in [0.1, 0.15) is 37.4 Å². The van der Waals surface area contributed by atoms with Gasteiger partial charge in [0.05, 0.1) is 5.69 Å². The first-order valence-electron chi connectivity index (χ1n) is 6.53. The Labute approximate surface area is 105 Å². The van der Waals surface area contributed by atoms with Gasteiger partial charge in [-0.3, -0.25) is 4.98 Å². The van der Waals surface area contributed by atoms with Crippen LogP contribution in [0, 0.1) is 0 Å². The maximum absolute atomic E-state index is 4.48. The van der Waals surface area contributed by atoms with Crippen molar-refractivity contribution in [2.24, 2.45) is 0 Å². The van der Waals surface area contributed by atoms with Crippen LogP contribution < -0.4 is 5.32 Å². The molecule has 0 fully saturated rings. The Hall–Kier alpha value is -0.930. The molecule has 0 aliphatic heterocycles. The first-order valence-corrected chi connectivity index (χ1v) is 6.53. The Morgan fingerprint density at radius 3 is 2.71 bits per heavy atom. The van der Waals surface area contributed by atoms with E-state index in [-0.39, 0.29) is 0 Å². The second-order valence-corrected chi connectivity index (χ2v) is 4.63.